The Kier molecular flexibility index (Phi) is 2.85. The molecule has 0 aromatic heterocycles. The molecule has 16 heavy (non-hydrogen) atoms. The van der Waals surface area contributed by atoms with Crippen LogP contribution in [0, 0.1) is 10.1 Å². The third-order valence-electron chi connectivity index (χ3n) is 2.69. The summed E-state index contributed by atoms with van der Waals surface area (Å²) in [4.78, 5) is 10.4. The van der Waals surface area contributed by atoms with Crippen molar-refractivity contribution in [2.45, 2.75) is 19.3 Å². The summed E-state index contributed by atoms with van der Waals surface area (Å²) < 4.78 is 5.12. The van der Waals surface area contributed by atoms with E-state index in [4.69, 9.17) is 4.74 Å². The van der Waals surface area contributed by atoms with Crippen molar-refractivity contribution in [2.24, 2.45) is 5.10 Å². The number of nitrogens with zero attached hydrogens (tertiary/aromatic N) is 2. The monoisotopic (exact) mass is 220 g/mol. The second kappa shape index (κ2) is 4.30. The van der Waals surface area contributed by atoms with Crippen molar-refractivity contribution in [3.63, 3.8) is 0 Å². The topological polar surface area (TPSA) is 64.7 Å². The van der Waals surface area contributed by atoms with Gasteiger partial charge in [-0.1, -0.05) is 0 Å². The molecule has 0 saturated carbocycles. The fourth-order valence-corrected chi connectivity index (χ4v) is 1.97. The van der Waals surface area contributed by atoms with Crippen LogP contribution >= 0.6 is 0 Å². The number of rotatable bonds is 2. The Morgan fingerprint density at radius 2 is 2.25 bits per heavy atom. The number of hydrogen-bond acceptors (Lipinski definition) is 3. The summed E-state index contributed by atoms with van der Waals surface area (Å²) in [6, 6.07) is 5.57. The Labute approximate surface area is 92.9 Å². The fraction of sp³-hybridized carbons (Fsp3) is 0.364. The quantitative estimate of drug-likeness (QED) is 0.565. The predicted octanol–water partition coefficient (Wildman–Crippen LogP) is 2.01. The molecule has 1 aromatic rings. The highest BCUT2D eigenvalue weighted by molar-refractivity contribution is 6.02. The Hall–Kier alpha value is -1.91. The zero-order valence-corrected chi connectivity index (χ0v) is 8.97. The third kappa shape index (κ3) is 2.03. The molecule has 0 aliphatic heterocycles. The van der Waals surface area contributed by atoms with Gasteiger partial charge in [0.25, 0.3) is 0 Å². The van der Waals surface area contributed by atoms with E-state index < -0.39 is 5.03 Å². The first-order valence-corrected chi connectivity index (χ1v) is 5.10. The summed E-state index contributed by atoms with van der Waals surface area (Å²) in [5.74, 6) is 0.779. The van der Waals surface area contributed by atoms with Gasteiger partial charge in [0.2, 0.25) is 0 Å². The summed E-state index contributed by atoms with van der Waals surface area (Å²) in [5, 5.41) is 13.2. The third-order valence-corrected chi connectivity index (χ3v) is 2.69. The summed E-state index contributed by atoms with van der Waals surface area (Å²) in [6.45, 7) is 0. The van der Waals surface area contributed by atoms with Crippen molar-refractivity contribution in [1.82, 2.24) is 0 Å². The Bertz CT molecular complexity index is 455. The second-order valence-electron chi connectivity index (χ2n) is 3.66. The van der Waals surface area contributed by atoms with E-state index in [1.807, 2.05) is 12.1 Å². The molecule has 0 unspecified atom stereocenters. The van der Waals surface area contributed by atoms with E-state index in [2.05, 4.69) is 5.10 Å². The normalized spacial score (nSPS) is 16.9. The van der Waals surface area contributed by atoms with Gasteiger partial charge in [0.15, 0.2) is 5.03 Å². The molecule has 1 aliphatic carbocycles. The van der Waals surface area contributed by atoms with Crippen molar-refractivity contribution in [2.75, 3.05) is 7.11 Å². The van der Waals surface area contributed by atoms with Crippen LogP contribution in [0.3, 0.4) is 0 Å². The summed E-state index contributed by atoms with van der Waals surface area (Å²) in [6.07, 6.45) is 2.48. The SMILES string of the molecule is COc1ccc2c(c1)CCC/C2=N/[N+](=O)[O-]. The standard InChI is InChI=1S/C11H12N2O3/c1-16-9-5-6-10-8(7-9)3-2-4-11(10)12-13(14)15/h5-7H,2-4H2,1H3/b12-11-. The zero-order valence-electron chi connectivity index (χ0n) is 8.97. The number of methoxy groups -OCH3 is 1. The van der Waals surface area contributed by atoms with E-state index in [0.29, 0.717) is 12.1 Å². The molecule has 0 atom stereocenters. The van der Waals surface area contributed by atoms with Gasteiger partial charge < -0.3 is 4.74 Å². The minimum absolute atomic E-state index is 0.564. The molecule has 0 N–H and O–H groups in total. The number of hydrazone groups is 1. The first-order chi connectivity index (χ1) is 7.70. The van der Waals surface area contributed by atoms with Crippen LogP contribution < -0.4 is 4.74 Å². The molecule has 0 radical (unpaired) electrons. The van der Waals surface area contributed by atoms with Crippen LogP contribution in [0.4, 0.5) is 0 Å². The van der Waals surface area contributed by atoms with Gasteiger partial charge in [0, 0.05) is 5.56 Å². The maximum absolute atomic E-state index is 10.4. The highest BCUT2D eigenvalue weighted by Crippen LogP contribution is 2.25. The number of hydrogen-bond donors (Lipinski definition) is 0. The van der Waals surface area contributed by atoms with Crippen LogP contribution in [-0.2, 0) is 6.42 Å². The molecule has 0 amide bonds. The van der Waals surface area contributed by atoms with Gasteiger partial charge in [-0.2, -0.15) is 0 Å². The van der Waals surface area contributed by atoms with Gasteiger partial charge in [-0.3, -0.25) is 0 Å². The van der Waals surface area contributed by atoms with E-state index in [1.54, 1.807) is 13.2 Å². The summed E-state index contributed by atoms with van der Waals surface area (Å²) in [7, 11) is 1.61. The fourth-order valence-electron chi connectivity index (χ4n) is 1.97. The van der Waals surface area contributed by atoms with Gasteiger partial charge in [-0.05, 0) is 43.0 Å². The van der Waals surface area contributed by atoms with Gasteiger partial charge >= 0.3 is 0 Å². The van der Waals surface area contributed by atoms with Crippen LogP contribution in [0.2, 0.25) is 0 Å². The minimum Gasteiger partial charge on any atom is -0.497 e. The maximum atomic E-state index is 10.4. The van der Waals surface area contributed by atoms with Crippen LogP contribution in [0.5, 0.6) is 5.75 Å². The molecule has 0 fully saturated rings. The number of benzene rings is 1. The Morgan fingerprint density at radius 3 is 2.94 bits per heavy atom. The van der Waals surface area contributed by atoms with E-state index >= 15 is 0 Å². The minimum atomic E-state index is -0.630. The number of aryl methyl sites for hydroxylation is 1. The number of fused-ring (bicyclic) bond motifs is 1. The van der Waals surface area contributed by atoms with Crippen LogP contribution in [0.1, 0.15) is 24.0 Å². The molecule has 2 rings (SSSR count). The van der Waals surface area contributed by atoms with Gasteiger partial charge in [-0.25, -0.2) is 10.1 Å². The molecular formula is C11H12N2O3. The molecule has 5 nitrogen and oxygen atoms in total. The van der Waals surface area contributed by atoms with Gasteiger partial charge in [0.05, 0.1) is 12.2 Å². The highest BCUT2D eigenvalue weighted by Gasteiger charge is 2.18. The summed E-state index contributed by atoms with van der Waals surface area (Å²) in [5.41, 5.74) is 2.52. The first kappa shape index (κ1) is 10.6. The van der Waals surface area contributed by atoms with Crippen molar-refractivity contribution in [1.29, 1.82) is 0 Å². The lowest BCUT2D eigenvalue weighted by Crippen LogP contribution is -2.13. The molecule has 5 heteroatoms. The van der Waals surface area contributed by atoms with Crippen molar-refractivity contribution in [3.8, 4) is 5.75 Å². The molecule has 84 valence electrons. The van der Waals surface area contributed by atoms with Gasteiger partial charge in [-0.15, -0.1) is 0 Å². The van der Waals surface area contributed by atoms with Crippen molar-refractivity contribution < 1.29 is 9.77 Å². The Morgan fingerprint density at radius 1 is 1.44 bits per heavy atom. The molecular weight excluding hydrogens is 208 g/mol. The number of ether oxygens (including phenoxy) is 1. The van der Waals surface area contributed by atoms with E-state index in [1.165, 1.54) is 0 Å². The van der Waals surface area contributed by atoms with Crippen molar-refractivity contribution in [3.05, 3.63) is 39.4 Å². The maximum Gasteiger partial charge on any atom is 0.191 e. The molecule has 1 aliphatic rings. The molecule has 0 heterocycles. The lowest BCUT2D eigenvalue weighted by molar-refractivity contribution is -0.485. The van der Waals surface area contributed by atoms with E-state index in [0.717, 1.165) is 29.7 Å². The van der Waals surface area contributed by atoms with E-state index in [9.17, 15) is 10.1 Å². The predicted molar refractivity (Wildman–Crippen MR) is 59.5 cm³/mol. The molecule has 0 spiro atoms. The number of nitro groups is 1. The highest BCUT2D eigenvalue weighted by atomic mass is 16.7. The van der Waals surface area contributed by atoms with Crippen LogP contribution in [0.15, 0.2) is 23.3 Å². The zero-order chi connectivity index (χ0) is 11.5. The largest absolute Gasteiger partial charge is 0.497 e. The second-order valence-corrected chi connectivity index (χ2v) is 3.66. The molecule has 0 saturated heterocycles. The van der Waals surface area contributed by atoms with E-state index in [-0.39, 0.29) is 0 Å². The Balaban J connectivity index is 2.43. The average Bonchev–Trinajstić information content (AvgIpc) is 2.28. The van der Waals surface area contributed by atoms with Crippen LogP contribution in [-0.4, -0.2) is 17.9 Å². The molecule has 1 aromatic carbocycles. The first-order valence-electron chi connectivity index (χ1n) is 5.10. The average molecular weight is 220 g/mol. The van der Waals surface area contributed by atoms with Gasteiger partial charge in [0.1, 0.15) is 11.5 Å². The molecule has 0 bridgehead atoms. The lowest BCUT2D eigenvalue weighted by Gasteiger charge is -2.16. The lowest BCUT2D eigenvalue weighted by atomic mass is 9.90. The van der Waals surface area contributed by atoms with Crippen LogP contribution in [0.25, 0.3) is 0 Å². The summed E-state index contributed by atoms with van der Waals surface area (Å²) >= 11 is 0. The van der Waals surface area contributed by atoms with Crippen molar-refractivity contribution >= 4 is 5.71 Å². The smallest absolute Gasteiger partial charge is 0.191 e.